The molecule has 0 heterocycles. The molecule has 0 aromatic heterocycles. The molecule has 0 N–H and O–H groups in total. The van der Waals surface area contributed by atoms with E-state index in [-0.39, 0.29) is 0 Å². The zero-order valence-corrected chi connectivity index (χ0v) is 9.09. The first-order valence-corrected chi connectivity index (χ1v) is 4.87. The summed E-state index contributed by atoms with van der Waals surface area (Å²) < 4.78 is 0. The van der Waals surface area contributed by atoms with E-state index in [4.69, 9.17) is 0 Å². The van der Waals surface area contributed by atoms with Crippen LogP contribution in [0.25, 0.3) is 0 Å². The summed E-state index contributed by atoms with van der Waals surface area (Å²) in [6.07, 6.45) is 2.38. The van der Waals surface area contributed by atoms with Crippen molar-refractivity contribution in [1.82, 2.24) is 4.90 Å². The largest absolute Gasteiger partial charge is 0.358 e. The first-order chi connectivity index (χ1) is 5.67. The molecule has 0 aliphatic rings. The van der Waals surface area contributed by atoms with E-state index in [1.54, 1.807) is 0 Å². The minimum atomic E-state index is 0.619. The molecule has 0 amide bonds. The summed E-state index contributed by atoms with van der Waals surface area (Å²) in [5.41, 5.74) is 0. The summed E-state index contributed by atoms with van der Waals surface area (Å²) >= 11 is 0. The average Bonchev–Trinajstić information content (AvgIpc) is 2.11. The zero-order valence-electron chi connectivity index (χ0n) is 9.09. The number of hydrogen-bond donors (Lipinski definition) is 0. The second-order valence-corrected chi connectivity index (χ2v) is 3.22. The fourth-order valence-electron chi connectivity index (χ4n) is 1.29. The molecule has 0 saturated carbocycles. The van der Waals surface area contributed by atoms with Gasteiger partial charge in [0.15, 0.2) is 0 Å². The average molecular weight is 170 g/mol. The standard InChI is InChI=1S/C10H22N2/c1-6-8-12(9(3)7-2)10(4)11-5/h9H,6-8H2,1-5H3. The van der Waals surface area contributed by atoms with Crippen molar-refractivity contribution in [3.63, 3.8) is 0 Å². The lowest BCUT2D eigenvalue weighted by atomic mass is 10.2. The summed E-state index contributed by atoms with van der Waals surface area (Å²) in [7, 11) is 1.86. The maximum atomic E-state index is 4.22. The van der Waals surface area contributed by atoms with Gasteiger partial charge in [-0.3, -0.25) is 4.99 Å². The molecule has 0 saturated heterocycles. The van der Waals surface area contributed by atoms with Crippen molar-refractivity contribution in [1.29, 1.82) is 0 Å². The Bertz CT molecular complexity index is 141. The van der Waals surface area contributed by atoms with E-state index in [0.717, 1.165) is 12.4 Å². The van der Waals surface area contributed by atoms with Gasteiger partial charge in [-0.25, -0.2) is 0 Å². The predicted octanol–water partition coefficient (Wildman–Crippen LogP) is 2.55. The van der Waals surface area contributed by atoms with Crippen LogP contribution in [0, 0.1) is 0 Å². The Hall–Kier alpha value is -0.530. The highest BCUT2D eigenvalue weighted by Gasteiger charge is 2.11. The van der Waals surface area contributed by atoms with Crippen molar-refractivity contribution >= 4 is 5.84 Å². The first kappa shape index (κ1) is 11.5. The van der Waals surface area contributed by atoms with Crippen molar-refractivity contribution < 1.29 is 0 Å². The molecule has 0 radical (unpaired) electrons. The summed E-state index contributed by atoms with van der Waals surface area (Å²) in [5.74, 6) is 1.16. The maximum absolute atomic E-state index is 4.22. The van der Waals surface area contributed by atoms with Crippen molar-refractivity contribution in [3.05, 3.63) is 0 Å². The normalized spacial score (nSPS) is 14.6. The summed E-state index contributed by atoms with van der Waals surface area (Å²) in [6.45, 7) is 9.89. The van der Waals surface area contributed by atoms with Crippen molar-refractivity contribution in [2.75, 3.05) is 13.6 Å². The molecule has 0 rings (SSSR count). The Morgan fingerprint density at radius 1 is 1.42 bits per heavy atom. The molecular formula is C10H22N2. The van der Waals surface area contributed by atoms with Gasteiger partial charge >= 0.3 is 0 Å². The van der Waals surface area contributed by atoms with Crippen LogP contribution in [0.4, 0.5) is 0 Å². The van der Waals surface area contributed by atoms with E-state index in [9.17, 15) is 0 Å². The van der Waals surface area contributed by atoms with Gasteiger partial charge in [0.25, 0.3) is 0 Å². The molecule has 0 aliphatic carbocycles. The van der Waals surface area contributed by atoms with Crippen molar-refractivity contribution in [2.24, 2.45) is 4.99 Å². The van der Waals surface area contributed by atoms with Gasteiger partial charge < -0.3 is 4.90 Å². The number of hydrogen-bond acceptors (Lipinski definition) is 1. The Labute approximate surface area is 76.7 Å². The van der Waals surface area contributed by atoms with Crippen LogP contribution >= 0.6 is 0 Å². The van der Waals surface area contributed by atoms with Gasteiger partial charge in [0, 0.05) is 19.6 Å². The smallest absolute Gasteiger partial charge is 0.0956 e. The zero-order chi connectivity index (χ0) is 9.56. The van der Waals surface area contributed by atoms with Crippen molar-refractivity contribution in [2.45, 2.75) is 46.6 Å². The fraction of sp³-hybridized carbons (Fsp3) is 0.900. The lowest BCUT2D eigenvalue weighted by Gasteiger charge is -2.29. The summed E-state index contributed by atoms with van der Waals surface area (Å²) in [5, 5.41) is 0. The van der Waals surface area contributed by atoms with Gasteiger partial charge in [0.2, 0.25) is 0 Å². The molecule has 2 heteroatoms. The lowest BCUT2D eigenvalue weighted by Crippen LogP contribution is -2.37. The van der Waals surface area contributed by atoms with Gasteiger partial charge in [-0.2, -0.15) is 0 Å². The predicted molar refractivity (Wildman–Crippen MR) is 55.8 cm³/mol. The van der Waals surface area contributed by atoms with E-state index in [1.807, 2.05) is 7.05 Å². The molecule has 2 nitrogen and oxygen atoms in total. The number of nitrogens with zero attached hydrogens (tertiary/aromatic N) is 2. The van der Waals surface area contributed by atoms with Crippen LogP contribution in [0.1, 0.15) is 40.5 Å². The Morgan fingerprint density at radius 2 is 2.00 bits per heavy atom. The molecule has 0 bridgehead atoms. The Morgan fingerprint density at radius 3 is 2.33 bits per heavy atom. The number of aliphatic imine (C=N–C) groups is 1. The summed E-state index contributed by atoms with van der Waals surface area (Å²) in [6, 6.07) is 0.619. The van der Waals surface area contributed by atoms with E-state index in [2.05, 4.69) is 37.6 Å². The van der Waals surface area contributed by atoms with E-state index < -0.39 is 0 Å². The minimum absolute atomic E-state index is 0.619. The molecule has 0 aliphatic heterocycles. The summed E-state index contributed by atoms with van der Waals surface area (Å²) in [4.78, 5) is 6.59. The fourth-order valence-corrected chi connectivity index (χ4v) is 1.29. The monoisotopic (exact) mass is 170 g/mol. The highest BCUT2D eigenvalue weighted by Crippen LogP contribution is 2.05. The van der Waals surface area contributed by atoms with E-state index >= 15 is 0 Å². The van der Waals surface area contributed by atoms with Gasteiger partial charge in [-0.1, -0.05) is 13.8 Å². The molecule has 0 fully saturated rings. The van der Waals surface area contributed by atoms with Crippen LogP contribution in [-0.4, -0.2) is 30.4 Å². The lowest BCUT2D eigenvalue weighted by molar-refractivity contribution is 0.320. The SMILES string of the molecule is CCCN(C(C)=NC)C(C)CC. The highest BCUT2D eigenvalue weighted by molar-refractivity contribution is 5.79. The van der Waals surface area contributed by atoms with Gasteiger partial charge in [0.05, 0.1) is 5.84 Å². The molecule has 12 heavy (non-hydrogen) atoms. The van der Waals surface area contributed by atoms with Gasteiger partial charge in [-0.15, -0.1) is 0 Å². The third-order valence-corrected chi connectivity index (χ3v) is 2.33. The third kappa shape index (κ3) is 3.24. The highest BCUT2D eigenvalue weighted by atomic mass is 15.2. The van der Waals surface area contributed by atoms with Crippen LogP contribution in [0.3, 0.4) is 0 Å². The second kappa shape index (κ2) is 6.04. The molecule has 1 atom stereocenters. The first-order valence-electron chi connectivity index (χ1n) is 4.87. The Balaban J connectivity index is 4.21. The molecule has 0 aromatic rings. The number of rotatable bonds is 4. The topological polar surface area (TPSA) is 15.6 Å². The number of amidine groups is 1. The van der Waals surface area contributed by atoms with E-state index in [0.29, 0.717) is 6.04 Å². The van der Waals surface area contributed by atoms with Crippen LogP contribution < -0.4 is 0 Å². The second-order valence-electron chi connectivity index (χ2n) is 3.22. The maximum Gasteiger partial charge on any atom is 0.0956 e. The Kier molecular flexibility index (Phi) is 5.77. The van der Waals surface area contributed by atoms with E-state index in [1.165, 1.54) is 12.8 Å². The van der Waals surface area contributed by atoms with Crippen molar-refractivity contribution in [3.8, 4) is 0 Å². The third-order valence-electron chi connectivity index (χ3n) is 2.33. The van der Waals surface area contributed by atoms with Gasteiger partial charge in [-0.05, 0) is 26.7 Å². The minimum Gasteiger partial charge on any atom is -0.358 e. The van der Waals surface area contributed by atoms with Gasteiger partial charge in [0.1, 0.15) is 0 Å². The molecule has 72 valence electrons. The molecule has 1 unspecified atom stereocenters. The van der Waals surface area contributed by atoms with Crippen LogP contribution in [0.5, 0.6) is 0 Å². The van der Waals surface area contributed by atoms with Crippen LogP contribution in [0.2, 0.25) is 0 Å². The molecule has 0 aromatic carbocycles. The molecule has 0 spiro atoms. The molecular weight excluding hydrogens is 148 g/mol. The quantitative estimate of drug-likeness (QED) is 0.467. The van der Waals surface area contributed by atoms with Crippen LogP contribution in [-0.2, 0) is 0 Å². The van der Waals surface area contributed by atoms with Crippen LogP contribution in [0.15, 0.2) is 4.99 Å².